The van der Waals surface area contributed by atoms with Crippen molar-refractivity contribution in [2.75, 3.05) is 13.2 Å². The molecule has 3 atom stereocenters. The second-order valence-electron chi connectivity index (χ2n) is 4.47. The van der Waals surface area contributed by atoms with Gasteiger partial charge in [0.05, 0.1) is 18.8 Å². The molecule has 0 amide bonds. The van der Waals surface area contributed by atoms with Gasteiger partial charge in [-0.2, -0.15) is 0 Å². The molecule has 3 nitrogen and oxygen atoms in total. The van der Waals surface area contributed by atoms with Crippen LogP contribution in [0.4, 0.5) is 0 Å². The van der Waals surface area contributed by atoms with E-state index in [0.29, 0.717) is 12.1 Å². The van der Waals surface area contributed by atoms with Crippen molar-refractivity contribution in [2.24, 2.45) is 0 Å². The molecule has 0 aromatic heterocycles. The summed E-state index contributed by atoms with van der Waals surface area (Å²) in [7, 11) is 0. The van der Waals surface area contributed by atoms with Gasteiger partial charge in [-0.3, -0.25) is 0 Å². The third-order valence-electron chi connectivity index (χ3n) is 3.38. The minimum atomic E-state index is 0.267. The highest BCUT2D eigenvalue weighted by Gasteiger charge is 2.41. The Labute approximate surface area is 95.8 Å². The summed E-state index contributed by atoms with van der Waals surface area (Å²) < 4.78 is 11.4. The minimum Gasteiger partial charge on any atom is -0.374 e. The summed E-state index contributed by atoms with van der Waals surface area (Å²) in [6.45, 7) is 2.52. The Bertz CT molecular complexity index is 341. The monoisotopic (exact) mass is 219 g/mol. The highest BCUT2D eigenvalue weighted by atomic mass is 16.6. The van der Waals surface area contributed by atoms with Crippen molar-refractivity contribution in [2.45, 2.75) is 31.2 Å². The smallest absolute Gasteiger partial charge is 0.101 e. The van der Waals surface area contributed by atoms with Crippen LogP contribution in [0.25, 0.3) is 0 Å². The van der Waals surface area contributed by atoms with Crippen LogP contribution in [0.15, 0.2) is 30.3 Å². The fraction of sp³-hybridized carbons (Fsp3) is 0.538. The Hall–Kier alpha value is -0.900. The second-order valence-corrected chi connectivity index (χ2v) is 4.47. The molecule has 2 fully saturated rings. The maximum Gasteiger partial charge on any atom is 0.101 e. The minimum absolute atomic E-state index is 0.267. The Morgan fingerprint density at radius 3 is 2.94 bits per heavy atom. The SMILES string of the molecule is c1ccc(CNC2COC3CCOC23)cc1. The Kier molecular flexibility index (Phi) is 2.91. The van der Waals surface area contributed by atoms with Crippen molar-refractivity contribution in [1.82, 2.24) is 5.32 Å². The van der Waals surface area contributed by atoms with Crippen LogP contribution in [0, 0.1) is 0 Å². The van der Waals surface area contributed by atoms with Gasteiger partial charge >= 0.3 is 0 Å². The quantitative estimate of drug-likeness (QED) is 0.832. The van der Waals surface area contributed by atoms with E-state index >= 15 is 0 Å². The van der Waals surface area contributed by atoms with E-state index in [0.717, 1.165) is 26.2 Å². The molecule has 0 saturated carbocycles. The number of fused-ring (bicyclic) bond motifs is 1. The molecule has 1 N–H and O–H groups in total. The first-order valence-corrected chi connectivity index (χ1v) is 5.94. The largest absolute Gasteiger partial charge is 0.374 e. The molecule has 1 aromatic carbocycles. The number of ether oxygens (including phenoxy) is 2. The van der Waals surface area contributed by atoms with Crippen molar-refractivity contribution in [3.8, 4) is 0 Å². The van der Waals surface area contributed by atoms with Crippen LogP contribution in [0.2, 0.25) is 0 Å². The molecule has 2 heterocycles. The zero-order valence-corrected chi connectivity index (χ0v) is 9.26. The first kappa shape index (κ1) is 10.3. The molecule has 0 spiro atoms. The molecule has 16 heavy (non-hydrogen) atoms. The van der Waals surface area contributed by atoms with Gasteiger partial charge in [-0.05, 0) is 12.0 Å². The standard InChI is InChI=1S/C13H17NO2/c1-2-4-10(5-3-1)8-14-11-9-16-12-6-7-15-13(11)12/h1-5,11-14H,6-9H2. The van der Waals surface area contributed by atoms with E-state index in [2.05, 4.69) is 29.6 Å². The number of nitrogens with one attached hydrogen (secondary N) is 1. The van der Waals surface area contributed by atoms with Gasteiger partial charge in [0.25, 0.3) is 0 Å². The van der Waals surface area contributed by atoms with Crippen LogP contribution in [-0.2, 0) is 16.0 Å². The second kappa shape index (κ2) is 4.53. The fourth-order valence-corrected chi connectivity index (χ4v) is 2.49. The first-order valence-electron chi connectivity index (χ1n) is 5.94. The molecule has 2 saturated heterocycles. The van der Waals surface area contributed by atoms with E-state index in [4.69, 9.17) is 9.47 Å². The lowest BCUT2D eigenvalue weighted by molar-refractivity contribution is 0.0682. The summed E-state index contributed by atoms with van der Waals surface area (Å²) in [4.78, 5) is 0. The molecule has 3 heteroatoms. The van der Waals surface area contributed by atoms with E-state index < -0.39 is 0 Å². The molecule has 2 aliphatic heterocycles. The average molecular weight is 219 g/mol. The lowest BCUT2D eigenvalue weighted by atomic mass is 10.1. The zero-order valence-electron chi connectivity index (χ0n) is 9.26. The van der Waals surface area contributed by atoms with E-state index in [1.165, 1.54) is 5.56 Å². The summed E-state index contributed by atoms with van der Waals surface area (Å²) in [6.07, 6.45) is 1.64. The Morgan fingerprint density at radius 1 is 1.19 bits per heavy atom. The first-order chi connectivity index (χ1) is 7.93. The number of hydrogen-bond acceptors (Lipinski definition) is 3. The highest BCUT2D eigenvalue weighted by Crippen LogP contribution is 2.26. The summed E-state index contributed by atoms with van der Waals surface area (Å²) in [5.74, 6) is 0. The number of rotatable bonds is 3. The van der Waals surface area contributed by atoms with Gasteiger partial charge in [-0.15, -0.1) is 0 Å². The number of benzene rings is 1. The molecule has 0 aliphatic carbocycles. The lowest BCUT2D eigenvalue weighted by Gasteiger charge is -2.17. The summed E-state index contributed by atoms with van der Waals surface area (Å²) in [6, 6.07) is 10.8. The summed E-state index contributed by atoms with van der Waals surface area (Å²) >= 11 is 0. The van der Waals surface area contributed by atoms with E-state index in [-0.39, 0.29) is 6.10 Å². The van der Waals surface area contributed by atoms with Crippen LogP contribution in [0.5, 0.6) is 0 Å². The number of hydrogen-bond donors (Lipinski definition) is 1. The van der Waals surface area contributed by atoms with Gasteiger partial charge in [0, 0.05) is 13.2 Å². The molecule has 1 aromatic rings. The molecular weight excluding hydrogens is 202 g/mol. The van der Waals surface area contributed by atoms with Crippen molar-refractivity contribution >= 4 is 0 Å². The average Bonchev–Trinajstić information content (AvgIpc) is 2.90. The predicted octanol–water partition coefficient (Wildman–Crippen LogP) is 1.33. The van der Waals surface area contributed by atoms with Crippen LogP contribution in [0.3, 0.4) is 0 Å². The molecule has 0 bridgehead atoms. The van der Waals surface area contributed by atoms with Crippen LogP contribution in [-0.4, -0.2) is 31.5 Å². The van der Waals surface area contributed by atoms with Gasteiger partial charge in [0.2, 0.25) is 0 Å². The van der Waals surface area contributed by atoms with Crippen LogP contribution >= 0.6 is 0 Å². The molecular formula is C13H17NO2. The zero-order chi connectivity index (χ0) is 10.8. The molecule has 3 unspecified atom stereocenters. The van der Waals surface area contributed by atoms with Crippen molar-refractivity contribution < 1.29 is 9.47 Å². The molecule has 86 valence electrons. The van der Waals surface area contributed by atoms with Gasteiger partial charge in [0.1, 0.15) is 6.10 Å². The molecule has 3 rings (SSSR count). The Balaban J connectivity index is 1.56. The van der Waals surface area contributed by atoms with Crippen molar-refractivity contribution in [3.05, 3.63) is 35.9 Å². The van der Waals surface area contributed by atoms with E-state index in [1.807, 2.05) is 6.07 Å². The summed E-state index contributed by atoms with van der Waals surface area (Å²) in [5, 5.41) is 3.52. The molecule has 2 aliphatic rings. The van der Waals surface area contributed by atoms with Gasteiger partial charge in [-0.25, -0.2) is 0 Å². The van der Waals surface area contributed by atoms with E-state index in [1.54, 1.807) is 0 Å². The van der Waals surface area contributed by atoms with Crippen molar-refractivity contribution in [3.63, 3.8) is 0 Å². The highest BCUT2D eigenvalue weighted by molar-refractivity contribution is 5.14. The van der Waals surface area contributed by atoms with Crippen molar-refractivity contribution in [1.29, 1.82) is 0 Å². The Morgan fingerprint density at radius 2 is 2.06 bits per heavy atom. The normalized spacial score (nSPS) is 32.9. The topological polar surface area (TPSA) is 30.5 Å². The lowest BCUT2D eigenvalue weighted by Crippen LogP contribution is -2.39. The summed E-state index contributed by atoms with van der Waals surface area (Å²) in [5.41, 5.74) is 1.31. The van der Waals surface area contributed by atoms with Crippen LogP contribution in [0.1, 0.15) is 12.0 Å². The fourth-order valence-electron chi connectivity index (χ4n) is 2.49. The van der Waals surface area contributed by atoms with Gasteiger partial charge in [0.15, 0.2) is 0 Å². The third-order valence-corrected chi connectivity index (χ3v) is 3.38. The third kappa shape index (κ3) is 1.98. The predicted molar refractivity (Wildman–Crippen MR) is 61.2 cm³/mol. The van der Waals surface area contributed by atoms with Crippen LogP contribution < -0.4 is 5.32 Å². The van der Waals surface area contributed by atoms with E-state index in [9.17, 15) is 0 Å². The van der Waals surface area contributed by atoms with Gasteiger partial charge < -0.3 is 14.8 Å². The van der Waals surface area contributed by atoms with Gasteiger partial charge in [-0.1, -0.05) is 30.3 Å². The maximum absolute atomic E-state index is 5.69. The maximum atomic E-state index is 5.69. The molecule has 0 radical (unpaired) electrons.